The standard InChI is InChI=1S/C27H39N5O4/c1-6-12-29-27(34)30-21-10-11-23-24(14-21)36-18-20(3)32(16-22-9-7-8-13-28-22)15-19(2)25(35-5)17-31(4)26(23)33/h7-11,13-14,19-20,25H,6,12,15-18H2,1-5H3,(H2,29,30,34)/t19-,20+,25+/m1/s1. The quantitative estimate of drug-likeness (QED) is 0.633. The maximum Gasteiger partial charge on any atom is 0.319 e. The molecule has 0 fully saturated rings. The lowest BCUT2D eigenvalue weighted by atomic mass is 10.0. The highest BCUT2D eigenvalue weighted by Gasteiger charge is 2.28. The van der Waals surface area contributed by atoms with E-state index in [4.69, 9.17) is 9.47 Å². The van der Waals surface area contributed by atoms with Gasteiger partial charge in [0.15, 0.2) is 0 Å². The predicted octanol–water partition coefficient (Wildman–Crippen LogP) is 3.62. The summed E-state index contributed by atoms with van der Waals surface area (Å²) in [5, 5.41) is 5.61. The zero-order valence-corrected chi connectivity index (χ0v) is 22.0. The number of nitrogens with zero attached hydrogens (tertiary/aromatic N) is 3. The number of carbonyl (C=O) groups is 2. The molecule has 2 heterocycles. The molecule has 0 bridgehead atoms. The number of nitrogens with one attached hydrogen (secondary N) is 2. The molecule has 1 aliphatic rings. The SMILES string of the molecule is CCCNC(=O)Nc1ccc2c(c1)OC[C@H](C)N(Cc1ccccn1)C[C@@H](C)[C@@H](OC)CN(C)C2=O. The number of fused-ring (bicyclic) bond motifs is 1. The maximum absolute atomic E-state index is 13.4. The van der Waals surface area contributed by atoms with E-state index < -0.39 is 0 Å². The number of methoxy groups -OCH3 is 1. The van der Waals surface area contributed by atoms with E-state index in [-0.39, 0.29) is 30.0 Å². The second-order valence-electron chi connectivity index (χ2n) is 9.44. The van der Waals surface area contributed by atoms with Crippen molar-refractivity contribution in [3.63, 3.8) is 0 Å². The van der Waals surface area contributed by atoms with Crippen LogP contribution in [0.15, 0.2) is 42.6 Å². The van der Waals surface area contributed by atoms with Crippen LogP contribution in [0.25, 0.3) is 0 Å². The van der Waals surface area contributed by atoms with E-state index in [0.717, 1.165) is 18.7 Å². The molecule has 2 aromatic rings. The number of hydrogen-bond acceptors (Lipinski definition) is 6. The van der Waals surface area contributed by atoms with Crippen molar-refractivity contribution >= 4 is 17.6 Å². The van der Waals surface area contributed by atoms with Crippen molar-refractivity contribution in [1.29, 1.82) is 0 Å². The fourth-order valence-corrected chi connectivity index (χ4v) is 4.26. The zero-order chi connectivity index (χ0) is 26.1. The molecular weight excluding hydrogens is 458 g/mol. The van der Waals surface area contributed by atoms with Gasteiger partial charge >= 0.3 is 6.03 Å². The van der Waals surface area contributed by atoms with Gasteiger partial charge in [0.05, 0.1) is 17.4 Å². The van der Waals surface area contributed by atoms with Crippen LogP contribution in [0, 0.1) is 5.92 Å². The first-order chi connectivity index (χ1) is 17.3. The number of anilines is 1. The Morgan fingerprint density at radius 1 is 1.22 bits per heavy atom. The molecule has 1 aliphatic heterocycles. The topological polar surface area (TPSA) is 96.0 Å². The molecule has 196 valence electrons. The summed E-state index contributed by atoms with van der Waals surface area (Å²) in [6, 6.07) is 10.8. The van der Waals surface area contributed by atoms with Gasteiger partial charge in [0.25, 0.3) is 5.91 Å². The minimum atomic E-state index is -0.291. The maximum atomic E-state index is 13.4. The Kier molecular flexibility index (Phi) is 10.1. The van der Waals surface area contributed by atoms with Gasteiger partial charge in [-0.3, -0.25) is 14.7 Å². The summed E-state index contributed by atoms with van der Waals surface area (Å²) in [4.78, 5) is 34.0. The van der Waals surface area contributed by atoms with E-state index in [9.17, 15) is 9.59 Å². The van der Waals surface area contributed by atoms with Gasteiger partial charge in [-0.2, -0.15) is 0 Å². The van der Waals surface area contributed by atoms with Crippen LogP contribution in [0.2, 0.25) is 0 Å². The first-order valence-corrected chi connectivity index (χ1v) is 12.6. The molecule has 9 nitrogen and oxygen atoms in total. The highest BCUT2D eigenvalue weighted by atomic mass is 16.5. The van der Waals surface area contributed by atoms with Gasteiger partial charge in [-0.1, -0.05) is 19.9 Å². The molecule has 0 saturated heterocycles. The summed E-state index contributed by atoms with van der Waals surface area (Å²) in [6.07, 6.45) is 2.51. The Labute approximate surface area is 214 Å². The lowest BCUT2D eigenvalue weighted by Crippen LogP contribution is -2.46. The first-order valence-electron chi connectivity index (χ1n) is 12.6. The molecule has 0 aliphatic carbocycles. The Bertz CT molecular complexity index is 1000. The highest BCUT2D eigenvalue weighted by Crippen LogP contribution is 2.27. The molecule has 0 radical (unpaired) electrons. The highest BCUT2D eigenvalue weighted by molar-refractivity contribution is 5.98. The van der Waals surface area contributed by atoms with Crippen molar-refractivity contribution in [3.05, 3.63) is 53.9 Å². The molecule has 3 amide bonds. The molecule has 9 heteroatoms. The third-order valence-corrected chi connectivity index (χ3v) is 6.46. The molecule has 0 spiro atoms. The van der Waals surface area contributed by atoms with Crippen molar-refractivity contribution in [2.45, 2.75) is 45.9 Å². The van der Waals surface area contributed by atoms with Crippen LogP contribution in [0.5, 0.6) is 5.75 Å². The Hall–Kier alpha value is -3.17. The van der Waals surface area contributed by atoms with Gasteiger partial charge in [0, 0.05) is 64.3 Å². The second kappa shape index (κ2) is 13.2. The number of pyridine rings is 1. The smallest absolute Gasteiger partial charge is 0.319 e. The first kappa shape index (κ1) is 27.4. The third kappa shape index (κ3) is 7.41. The van der Waals surface area contributed by atoms with E-state index in [1.807, 2.05) is 25.1 Å². The van der Waals surface area contributed by atoms with Crippen LogP contribution in [0.4, 0.5) is 10.5 Å². The van der Waals surface area contributed by atoms with E-state index in [1.54, 1.807) is 43.5 Å². The Morgan fingerprint density at radius 3 is 2.72 bits per heavy atom. The van der Waals surface area contributed by atoms with E-state index in [0.29, 0.717) is 43.2 Å². The Balaban J connectivity index is 1.90. The van der Waals surface area contributed by atoms with Gasteiger partial charge in [0.1, 0.15) is 12.4 Å². The predicted molar refractivity (Wildman–Crippen MR) is 140 cm³/mol. The average molecular weight is 498 g/mol. The number of ether oxygens (including phenoxy) is 2. The number of urea groups is 1. The number of amides is 3. The number of likely N-dealkylation sites (N-methyl/N-ethyl adjacent to an activating group) is 1. The molecule has 0 saturated carbocycles. The number of benzene rings is 1. The molecular formula is C27H39N5O4. The summed E-state index contributed by atoms with van der Waals surface area (Å²) in [5.41, 5.74) is 1.99. The van der Waals surface area contributed by atoms with E-state index >= 15 is 0 Å². The van der Waals surface area contributed by atoms with Crippen molar-refractivity contribution < 1.29 is 19.1 Å². The molecule has 3 atom stereocenters. The molecule has 2 N–H and O–H groups in total. The van der Waals surface area contributed by atoms with Crippen LogP contribution in [0.3, 0.4) is 0 Å². The molecule has 3 rings (SSSR count). The fraction of sp³-hybridized carbons (Fsp3) is 0.519. The summed E-state index contributed by atoms with van der Waals surface area (Å²) in [5.74, 6) is 0.454. The number of hydrogen-bond donors (Lipinski definition) is 2. The monoisotopic (exact) mass is 497 g/mol. The van der Waals surface area contributed by atoms with Crippen LogP contribution >= 0.6 is 0 Å². The minimum absolute atomic E-state index is 0.0385. The van der Waals surface area contributed by atoms with E-state index in [2.05, 4.69) is 34.4 Å². The number of aromatic nitrogens is 1. The summed E-state index contributed by atoms with van der Waals surface area (Å²) in [7, 11) is 3.46. The summed E-state index contributed by atoms with van der Waals surface area (Å²) < 4.78 is 12.1. The number of carbonyl (C=O) groups excluding carboxylic acids is 2. The van der Waals surface area contributed by atoms with Crippen LogP contribution in [-0.2, 0) is 11.3 Å². The second-order valence-corrected chi connectivity index (χ2v) is 9.44. The van der Waals surface area contributed by atoms with Crippen molar-refractivity contribution in [2.75, 3.05) is 45.7 Å². The van der Waals surface area contributed by atoms with Gasteiger partial charge < -0.3 is 25.0 Å². The molecule has 0 unspecified atom stereocenters. The third-order valence-electron chi connectivity index (χ3n) is 6.46. The molecule has 1 aromatic heterocycles. The van der Waals surface area contributed by atoms with Crippen molar-refractivity contribution in [2.24, 2.45) is 5.92 Å². The lowest BCUT2D eigenvalue weighted by molar-refractivity contribution is 0.00901. The normalized spacial score (nSPS) is 21.5. The van der Waals surface area contributed by atoms with Crippen LogP contribution in [0.1, 0.15) is 43.2 Å². The van der Waals surface area contributed by atoms with Crippen LogP contribution in [-0.4, -0.2) is 79.3 Å². The molecule has 36 heavy (non-hydrogen) atoms. The largest absolute Gasteiger partial charge is 0.491 e. The van der Waals surface area contributed by atoms with E-state index in [1.165, 1.54) is 0 Å². The number of rotatable bonds is 6. The van der Waals surface area contributed by atoms with Gasteiger partial charge in [0.2, 0.25) is 0 Å². The molecule has 1 aromatic carbocycles. The van der Waals surface area contributed by atoms with Gasteiger partial charge in [-0.05, 0) is 43.5 Å². The van der Waals surface area contributed by atoms with Gasteiger partial charge in [-0.25, -0.2) is 4.79 Å². The summed E-state index contributed by atoms with van der Waals surface area (Å²) >= 11 is 0. The van der Waals surface area contributed by atoms with Gasteiger partial charge in [-0.15, -0.1) is 0 Å². The Morgan fingerprint density at radius 2 is 2.03 bits per heavy atom. The minimum Gasteiger partial charge on any atom is -0.491 e. The van der Waals surface area contributed by atoms with Crippen molar-refractivity contribution in [3.8, 4) is 5.75 Å². The fourth-order valence-electron chi connectivity index (χ4n) is 4.26. The zero-order valence-electron chi connectivity index (χ0n) is 22.0. The lowest BCUT2D eigenvalue weighted by Gasteiger charge is -2.35. The average Bonchev–Trinajstić information content (AvgIpc) is 2.88. The summed E-state index contributed by atoms with van der Waals surface area (Å²) in [6.45, 7) is 9.07. The van der Waals surface area contributed by atoms with Crippen LogP contribution < -0.4 is 15.4 Å². The van der Waals surface area contributed by atoms with Crippen molar-refractivity contribution in [1.82, 2.24) is 20.1 Å².